The summed E-state index contributed by atoms with van der Waals surface area (Å²) in [6.07, 6.45) is -4.04. The minimum absolute atomic E-state index is 0.0301. The molecule has 26 heavy (non-hydrogen) atoms. The van der Waals surface area contributed by atoms with E-state index in [0.717, 1.165) is 12.1 Å². The second kappa shape index (κ2) is 6.28. The largest absolute Gasteiger partial charge is 0.416 e. The van der Waals surface area contributed by atoms with E-state index in [1.807, 2.05) is 0 Å². The standard InChI is InChI=1S/C16H14F3N5O2/c1-8(10-3-5-11(6-4-10)16(17,18)19)24-14-12(13(23-24)20-7-25)15(26)22-9(2)21-14/h3-8H,1-2H3,(H,20,23,25)(H,21,22,26)/t8-/m0/s1. The Hall–Kier alpha value is -3.17. The molecule has 10 heteroatoms. The van der Waals surface area contributed by atoms with Crippen LogP contribution < -0.4 is 10.9 Å². The fourth-order valence-corrected chi connectivity index (χ4v) is 2.67. The molecule has 2 heterocycles. The van der Waals surface area contributed by atoms with Crippen LogP contribution in [0.5, 0.6) is 0 Å². The van der Waals surface area contributed by atoms with Gasteiger partial charge < -0.3 is 10.3 Å². The number of rotatable bonds is 4. The van der Waals surface area contributed by atoms with Crippen LogP contribution in [0, 0.1) is 6.92 Å². The van der Waals surface area contributed by atoms with Crippen molar-refractivity contribution < 1.29 is 18.0 Å². The van der Waals surface area contributed by atoms with Crippen LogP contribution in [0.4, 0.5) is 19.0 Å². The molecule has 0 aliphatic carbocycles. The van der Waals surface area contributed by atoms with E-state index in [-0.39, 0.29) is 16.9 Å². The predicted molar refractivity (Wildman–Crippen MR) is 87.8 cm³/mol. The number of aryl methyl sites for hydroxylation is 1. The van der Waals surface area contributed by atoms with Crippen LogP contribution in [-0.2, 0) is 11.0 Å². The molecule has 0 fully saturated rings. The van der Waals surface area contributed by atoms with Gasteiger partial charge in [-0.05, 0) is 31.5 Å². The number of H-pyrrole nitrogens is 1. The number of nitrogens with one attached hydrogen (secondary N) is 2. The summed E-state index contributed by atoms with van der Waals surface area (Å²) in [6.45, 7) is 3.30. The summed E-state index contributed by atoms with van der Waals surface area (Å²) >= 11 is 0. The number of alkyl halides is 3. The molecule has 1 amide bonds. The smallest absolute Gasteiger partial charge is 0.311 e. The molecule has 0 aliphatic heterocycles. The fraction of sp³-hybridized carbons (Fsp3) is 0.250. The minimum Gasteiger partial charge on any atom is -0.311 e. The zero-order valence-corrected chi connectivity index (χ0v) is 13.8. The first-order chi connectivity index (χ1) is 12.2. The average molecular weight is 365 g/mol. The molecule has 0 aliphatic rings. The summed E-state index contributed by atoms with van der Waals surface area (Å²) in [7, 11) is 0. The summed E-state index contributed by atoms with van der Waals surface area (Å²) in [5, 5.41) is 6.64. The molecule has 0 radical (unpaired) electrons. The van der Waals surface area contributed by atoms with Gasteiger partial charge in [-0.2, -0.15) is 18.3 Å². The van der Waals surface area contributed by atoms with Gasteiger partial charge >= 0.3 is 6.18 Å². The molecular formula is C16H14F3N5O2. The lowest BCUT2D eigenvalue weighted by molar-refractivity contribution is -0.137. The van der Waals surface area contributed by atoms with Crippen LogP contribution in [0.3, 0.4) is 0 Å². The van der Waals surface area contributed by atoms with E-state index in [0.29, 0.717) is 17.8 Å². The first-order valence-corrected chi connectivity index (χ1v) is 7.59. The van der Waals surface area contributed by atoms with Gasteiger partial charge in [-0.25, -0.2) is 9.67 Å². The van der Waals surface area contributed by atoms with Crippen molar-refractivity contribution in [2.24, 2.45) is 0 Å². The second-order valence-corrected chi connectivity index (χ2v) is 5.70. The van der Waals surface area contributed by atoms with Gasteiger partial charge in [0.15, 0.2) is 11.5 Å². The van der Waals surface area contributed by atoms with Crippen molar-refractivity contribution in [1.82, 2.24) is 19.7 Å². The van der Waals surface area contributed by atoms with Gasteiger partial charge in [0.25, 0.3) is 5.56 Å². The Labute approximate surface area is 144 Å². The van der Waals surface area contributed by atoms with Gasteiger partial charge in [-0.1, -0.05) is 12.1 Å². The van der Waals surface area contributed by atoms with Crippen molar-refractivity contribution in [3.05, 3.63) is 51.6 Å². The van der Waals surface area contributed by atoms with Crippen LogP contribution >= 0.6 is 0 Å². The van der Waals surface area contributed by atoms with E-state index >= 15 is 0 Å². The number of aromatic nitrogens is 4. The van der Waals surface area contributed by atoms with E-state index in [1.54, 1.807) is 13.8 Å². The number of benzene rings is 1. The van der Waals surface area contributed by atoms with Gasteiger partial charge in [-0.15, -0.1) is 0 Å². The van der Waals surface area contributed by atoms with Gasteiger partial charge in [0.05, 0.1) is 11.6 Å². The lowest BCUT2D eigenvalue weighted by Gasteiger charge is -2.15. The number of carbonyl (C=O) groups excluding carboxylic acids is 1. The minimum atomic E-state index is -4.42. The Morgan fingerprint density at radius 2 is 1.92 bits per heavy atom. The maximum atomic E-state index is 12.7. The highest BCUT2D eigenvalue weighted by atomic mass is 19.4. The van der Waals surface area contributed by atoms with Crippen LogP contribution in [0.1, 0.15) is 29.9 Å². The molecule has 1 atom stereocenters. The molecule has 136 valence electrons. The van der Waals surface area contributed by atoms with Crippen molar-refractivity contribution in [2.75, 3.05) is 5.32 Å². The molecule has 0 bridgehead atoms. The number of nitrogens with zero attached hydrogens (tertiary/aromatic N) is 3. The molecule has 3 aromatic rings. The van der Waals surface area contributed by atoms with Crippen molar-refractivity contribution in [1.29, 1.82) is 0 Å². The quantitative estimate of drug-likeness (QED) is 0.695. The number of fused-ring (bicyclic) bond motifs is 1. The molecule has 3 rings (SSSR count). The van der Waals surface area contributed by atoms with Crippen LogP contribution in [-0.4, -0.2) is 26.2 Å². The van der Waals surface area contributed by atoms with Gasteiger partial charge in [0.2, 0.25) is 6.41 Å². The number of aromatic amines is 1. The van der Waals surface area contributed by atoms with E-state index < -0.39 is 23.3 Å². The normalized spacial score (nSPS) is 13.0. The highest BCUT2D eigenvalue weighted by Crippen LogP contribution is 2.31. The maximum absolute atomic E-state index is 12.7. The Bertz CT molecular complexity index is 1020. The van der Waals surface area contributed by atoms with Crippen molar-refractivity contribution in [2.45, 2.75) is 26.1 Å². The Morgan fingerprint density at radius 3 is 2.50 bits per heavy atom. The van der Waals surface area contributed by atoms with Crippen molar-refractivity contribution in [3.8, 4) is 0 Å². The lowest BCUT2D eigenvalue weighted by atomic mass is 10.1. The number of anilines is 1. The zero-order valence-electron chi connectivity index (χ0n) is 13.8. The zero-order chi connectivity index (χ0) is 19.1. The van der Waals surface area contributed by atoms with Crippen molar-refractivity contribution in [3.63, 3.8) is 0 Å². The van der Waals surface area contributed by atoms with E-state index in [1.165, 1.54) is 16.8 Å². The number of amides is 1. The molecule has 1 aromatic carbocycles. The monoisotopic (exact) mass is 365 g/mol. The molecule has 7 nitrogen and oxygen atoms in total. The summed E-state index contributed by atoms with van der Waals surface area (Å²) < 4.78 is 39.6. The number of halogens is 3. The second-order valence-electron chi connectivity index (χ2n) is 5.70. The third-order valence-corrected chi connectivity index (χ3v) is 3.96. The third kappa shape index (κ3) is 3.05. The highest BCUT2D eigenvalue weighted by molar-refractivity contribution is 5.91. The molecule has 0 spiro atoms. The molecular weight excluding hydrogens is 351 g/mol. The third-order valence-electron chi connectivity index (χ3n) is 3.96. The Morgan fingerprint density at radius 1 is 1.27 bits per heavy atom. The maximum Gasteiger partial charge on any atom is 0.416 e. The SMILES string of the molecule is Cc1nc2c(c(NC=O)nn2[C@@H](C)c2ccc(C(F)(F)F)cc2)c(=O)[nH]1. The Balaban J connectivity index is 2.12. The fourth-order valence-electron chi connectivity index (χ4n) is 2.67. The summed E-state index contributed by atoms with van der Waals surface area (Å²) in [4.78, 5) is 29.7. The van der Waals surface area contributed by atoms with Crippen LogP contribution in [0.2, 0.25) is 0 Å². The first kappa shape index (κ1) is 17.6. The van der Waals surface area contributed by atoms with E-state index in [2.05, 4.69) is 20.4 Å². The number of hydrogen-bond acceptors (Lipinski definition) is 4. The Kier molecular flexibility index (Phi) is 4.26. The summed E-state index contributed by atoms with van der Waals surface area (Å²) in [5.41, 5.74) is -0.460. The first-order valence-electron chi connectivity index (χ1n) is 7.59. The van der Waals surface area contributed by atoms with Crippen LogP contribution in [0.25, 0.3) is 11.0 Å². The van der Waals surface area contributed by atoms with Gasteiger partial charge in [0.1, 0.15) is 11.2 Å². The topological polar surface area (TPSA) is 92.7 Å². The van der Waals surface area contributed by atoms with Gasteiger partial charge in [0, 0.05) is 0 Å². The molecule has 0 saturated heterocycles. The molecule has 2 N–H and O–H groups in total. The molecule has 0 unspecified atom stereocenters. The summed E-state index contributed by atoms with van der Waals surface area (Å²) in [6, 6.07) is 4.12. The highest BCUT2D eigenvalue weighted by Gasteiger charge is 2.30. The molecule has 2 aromatic heterocycles. The summed E-state index contributed by atoms with van der Waals surface area (Å²) in [5.74, 6) is 0.378. The number of carbonyl (C=O) groups is 1. The lowest BCUT2D eigenvalue weighted by Crippen LogP contribution is -2.13. The van der Waals surface area contributed by atoms with E-state index in [4.69, 9.17) is 0 Å². The number of hydrogen-bond donors (Lipinski definition) is 2. The van der Waals surface area contributed by atoms with Gasteiger partial charge in [-0.3, -0.25) is 9.59 Å². The average Bonchev–Trinajstić information content (AvgIpc) is 2.92. The van der Waals surface area contributed by atoms with Crippen LogP contribution in [0.15, 0.2) is 29.1 Å². The van der Waals surface area contributed by atoms with E-state index in [9.17, 15) is 22.8 Å². The predicted octanol–water partition coefficient (Wildman–Crippen LogP) is 2.62. The van der Waals surface area contributed by atoms with Crippen molar-refractivity contribution >= 4 is 23.3 Å². The molecule has 0 saturated carbocycles.